The zero-order valence-electron chi connectivity index (χ0n) is 16.2. The fourth-order valence-corrected chi connectivity index (χ4v) is 9.67. The van der Waals surface area contributed by atoms with Gasteiger partial charge in [0.1, 0.15) is 0 Å². The Hall–Kier alpha value is -0.940. The third-order valence-corrected chi connectivity index (χ3v) is 10.5. The molecule has 0 aliphatic heterocycles. The summed E-state index contributed by atoms with van der Waals surface area (Å²) in [5.74, 6) is 1.17. The van der Waals surface area contributed by atoms with Crippen LogP contribution in [0.4, 0.5) is 0 Å². The molecule has 0 amide bonds. The summed E-state index contributed by atoms with van der Waals surface area (Å²) in [4.78, 5) is 0. The number of rotatable bonds is 6. The minimum atomic E-state index is -0.409. The second kappa shape index (κ2) is 13.5. The maximum atomic E-state index is 4.86. The Bertz CT molecular complexity index is 811. The van der Waals surface area contributed by atoms with E-state index < -0.39 is 15.8 Å². The van der Waals surface area contributed by atoms with Gasteiger partial charge in [-0.05, 0) is 37.1 Å². The molecular formula is C25H22AuCl2P2. The van der Waals surface area contributed by atoms with Gasteiger partial charge in [0.2, 0.25) is 0 Å². The molecule has 0 atom stereocenters. The van der Waals surface area contributed by atoms with E-state index in [1.165, 1.54) is 27.1 Å². The molecule has 4 aromatic carbocycles. The first-order valence-electron chi connectivity index (χ1n) is 9.40. The predicted molar refractivity (Wildman–Crippen MR) is 135 cm³/mol. The van der Waals surface area contributed by atoms with Gasteiger partial charge in [-0.2, -0.15) is 0 Å². The third-order valence-electron chi connectivity index (χ3n) is 4.55. The molecule has 0 aliphatic rings. The van der Waals surface area contributed by atoms with Crippen molar-refractivity contribution in [3.63, 3.8) is 0 Å². The molecule has 157 valence electrons. The Labute approximate surface area is 199 Å². The van der Waals surface area contributed by atoms with E-state index in [2.05, 4.69) is 121 Å². The van der Waals surface area contributed by atoms with Gasteiger partial charge in [0.05, 0.1) is 0 Å². The zero-order valence-corrected chi connectivity index (χ0v) is 21.7. The van der Waals surface area contributed by atoms with Gasteiger partial charge < -0.3 is 0 Å². The molecule has 0 N–H and O–H groups in total. The normalized spacial score (nSPS) is 10.7. The van der Waals surface area contributed by atoms with Gasteiger partial charge in [-0.3, -0.25) is 0 Å². The Kier molecular flexibility index (Phi) is 10.6. The molecule has 4 rings (SSSR count). The monoisotopic (exact) mass is 651 g/mol. The van der Waals surface area contributed by atoms with Crippen LogP contribution in [0.3, 0.4) is 0 Å². The molecule has 0 unspecified atom stereocenters. The number of hydrogen-bond donors (Lipinski definition) is 0. The molecule has 0 fully saturated rings. The van der Waals surface area contributed by atoms with Crippen molar-refractivity contribution in [1.29, 1.82) is 0 Å². The maximum Gasteiger partial charge on any atom is 0.00405 e. The Morgan fingerprint density at radius 2 is 0.633 bits per heavy atom. The van der Waals surface area contributed by atoms with Gasteiger partial charge in [0.15, 0.2) is 0 Å². The van der Waals surface area contributed by atoms with Gasteiger partial charge in [-0.15, -0.1) is 0 Å². The van der Waals surface area contributed by atoms with E-state index in [1.807, 2.05) is 0 Å². The maximum absolute atomic E-state index is 4.86. The number of benzene rings is 4. The Morgan fingerprint density at radius 1 is 0.433 bits per heavy atom. The van der Waals surface area contributed by atoms with Crippen LogP contribution in [0.25, 0.3) is 0 Å². The Balaban J connectivity index is 0.000000806. The van der Waals surface area contributed by atoms with E-state index in [4.69, 9.17) is 18.4 Å². The first kappa shape index (κ1) is 23.7. The van der Waals surface area contributed by atoms with Crippen LogP contribution in [0.5, 0.6) is 0 Å². The average Bonchev–Trinajstić information content (AvgIpc) is 2.83. The molecule has 0 bridgehead atoms. The van der Waals surface area contributed by atoms with Crippen LogP contribution < -0.4 is 21.2 Å². The van der Waals surface area contributed by atoms with E-state index in [0.29, 0.717) is 0 Å². The minimum absolute atomic E-state index is 0.389. The second-order valence-electron chi connectivity index (χ2n) is 6.38. The summed E-state index contributed by atoms with van der Waals surface area (Å²) in [6.45, 7) is 0. The molecule has 0 aliphatic carbocycles. The minimum Gasteiger partial charge on any atom is -0.0622 e. The van der Waals surface area contributed by atoms with Crippen molar-refractivity contribution in [3.8, 4) is 0 Å². The molecule has 0 heterocycles. The molecule has 4 aromatic rings. The Morgan fingerprint density at radius 3 is 0.833 bits per heavy atom. The summed E-state index contributed by atoms with van der Waals surface area (Å²) in [6.07, 6.45) is 0. The second-order valence-corrected chi connectivity index (χ2v) is 14.4. The van der Waals surface area contributed by atoms with Gasteiger partial charge in [-0.1, -0.05) is 121 Å². The van der Waals surface area contributed by atoms with Crippen molar-refractivity contribution >= 4 is 55.4 Å². The predicted octanol–water partition coefficient (Wildman–Crippen LogP) is 6.59. The standard InChI is InChI=1S/C25H22P2.Au.2ClH/c1-5-13-22(14-6-1)26(23-15-7-2-8-16-23)21-27(24-17-9-3-10-18-24)25-19-11-4-12-20-25;;;/h1-20H,21H2;;2*1H/q;+2;;/p-2. The third kappa shape index (κ3) is 7.05. The SMILES string of the molecule is [Cl][Au][Cl].c1ccc(P(CP(c2ccccc2)c2ccccc2)c2ccccc2)cc1. The van der Waals surface area contributed by atoms with E-state index in [-0.39, 0.29) is 17.6 Å². The van der Waals surface area contributed by atoms with Gasteiger partial charge in [0.25, 0.3) is 0 Å². The van der Waals surface area contributed by atoms with Crippen LogP contribution >= 0.6 is 34.2 Å². The first-order valence-corrected chi connectivity index (χ1v) is 17.8. The largest absolute Gasteiger partial charge is 0.0622 e. The summed E-state index contributed by atoms with van der Waals surface area (Å²) in [7, 11) is 8.90. The summed E-state index contributed by atoms with van der Waals surface area (Å²) in [6, 6.07) is 44.1. The van der Waals surface area contributed by atoms with Gasteiger partial charge >= 0.3 is 36.0 Å². The molecule has 0 radical (unpaired) electrons. The van der Waals surface area contributed by atoms with Crippen LogP contribution in [-0.4, -0.2) is 5.90 Å². The van der Waals surface area contributed by atoms with Crippen LogP contribution in [0.2, 0.25) is 0 Å². The van der Waals surface area contributed by atoms with Crippen LogP contribution in [0.1, 0.15) is 0 Å². The fraction of sp³-hybridized carbons (Fsp3) is 0.0400. The van der Waals surface area contributed by atoms with Crippen LogP contribution in [-0.2, 0) is 17.6 Å². The van der Waals surface area contributed by atoms with Crippen molar-refractivity contribution in [3.05, 3.63) is 121 Å². The van der Waals surface area contributed by atoms with Crippen LogP contribution in [0.15, 0.2) is 121 Å². The summed E-state index contributed by atoms with van der Waals surface area (Å²) in [5, 5.41) is 5.83. The van der Waals surface area contributed by atoms with Crippen molar-refractivity contribution < 1.29 is 17.6 Å². The molecular weight excluding hydrogens is 630 g/mol. The zero-order chi connectivity index (χ0) is 21.0. The fourth-order valence-electron chi connectivity index (χ4n) is 3.20. The molecule has 5 heteroatoms. The van der Waals surface area contributed by atoms with Crippen molar-refractivity contribution in [2.75, 3.05) is 5.90 Å². The number of hydrogen-bond acceptors (Lipinski definition) is 0. The van der Waals surface area contributed by atoms with Crippen molar-refractivity contribution in [2.24, 2.45) is 0 Å². The summed E-state index contributed by atoms with van der Waals surface area (Å²) >= 11 is -0.389. The van der Waals surface area contributed by atoms with Gasteiger partial charge in [0, 0.05) is 5.90 Å². The topological polar surface area (TPSA) is 0 Å². The molecule has 30 heavy (non-hydrogen) atoms. The summed E-state index contributed by atoms with van der Waals surface area (Å²) in [5.41, 5.74) is 0. The average molecular weight is 652 g/mol. The molecule has 0 saturated carbocycles. The quantitative estimate of drug-likeness (QED) is 0.163. The first-order chi connectivity index (χ1) is 14.8. The molecule has 0 aromatic heterocycles. The summed E-state index contributed by atoms with van der Waals surface area (Å²) < 4.78 is 0. The smallest absolute Gasteiger partial charge is 0.00405 e. The molecule has 0 nitrogen and oxygen atoms in total. The van der Waals surface area contributed by atoms with Gasteiger partial charge in [-0.25, -0.2) is 0 Å². The van der Waals surface area contributed by atoms with Crippen molar-refractivity contribution in [1.82, 2.24) is 0 Å². The molecule has 0 spiro atoms. The molecule has 0 saturated heterocycles. The number of halogens is 2. The van der Waals surface area contributed by atoms with E-state index >= 15 is 0 Å². The van der Waals surface area contributed by atoms with E-state index in [9.17, 15) is 0 Å². The van der Waals surface area contributed by atoms with E-state index in [1.54, 1.807) is 0 Å². The van der Waals surface area contributed by atoms with Crippen molar-refractivity contribution in [2.45, 2.75) is 0 Å². The van der Waals surface area contributed by atoms with E-state index in [0.717, 1.165) is 0 Å². The van der Waals surface area contributed by atoms with Crippen LogP contribution in [0, 0.1) is 0 Å².